The second-order valence-electron chi connectivity index (χ2n) is 5.35. The monoisotopic (exact) mass is 354 g/mol. The maximum absolute atomic E-state index is 12.0. The van der Waals surface area contributed by atoms with E-state index in [1.165, 1.54) is 4.90 Å². The molecule has 0 radical (unpaired) electrons. The second kappa shape index (κ2) is 7.56. The number of amides is 2. The summed E-state index contributed by atoms with van der Waals surface area (Å²) in [5, 5.41) is 2.79. The summed E-state index contributed by atoms with van der Waals surface area (Å²) in [6.45, 7) is 4.00. The summed E-state index contributed by atoms with van der Waals surface area (Å²) in [5.41, 5.74) is 0.605. The van der Waals surface area contributed by atoms with Gasteiger partial charge in [-0.2, -0.15) is 0 Å². The smallest absolute Gasteiger partial charge is 0.251 e. The van der Waals surface area contributed by atoms with Gasteiger partial charge >= 0.3 is 0 Å². The molecule has 0 bridgehead atoms. The van der Waals surface area contributed by atoms with Crippen molar-refractivity contribution in [3.05, 3.63) is 34.3 Å². The van der Waals surface area contributed by atoms with Crippen LogP contribution in [0, 0.1) is 0 Å². The first-order valence-electron chi connectivity index (χ1n) is 7.19. The molecule has 114 valence electrons. The minimum atomic E-state index is -0.141. The van der Waals surface area contributed by atoms with Crippen LogP contribution in [0.2, 0.25) is 0 Å². The van der Waals surface area contributed by atoms with Gasteiger partial charge < -0.3 is 15.1 Å². The number of carbonyl (C=O) groups is 2. The Labute approximate surface area is 133 Å². The average molecular weight is 355 g/mol. The molecular formula is C15H21BrN3O2+. The molecule has 1 fully saturated rings. The Balaban J connectivity index is 1.72. The molecule has 1 aromatic carbocycles. The van der Waals surface area contributed by atoms with Crippen LogP contribution in [0.1, 0.15) is 16.8 Å². The Kier molecular flexibility index (Phi) is 5.76. The van der Waals surface area contributed by atoms with Gasteiger partial charge in [-0.25, -0.2) is 0 Å². The van der Waals surface area contributed by atoms with Crippen LogP contribution in [-0.4, -0.2) is 56.5 Å². The van der Waals surface area contributed by atoms with E-state index >= 15 is 0 Å². The van der Waals surface area contributed by atoms with Gasteiger partial charge in [0.1, 0.15) is 0 Å². The number of nitrogens with one attached hydrogen (secondary N) is 2. The van der Waals surface area contributed by atoms with Crippen LogP contribution in [0.4, 0.5) is 0 Å². The molecule has 2 amide bonds. The van der Waals surface area contributed by atoms with Gasteiger partial charge in [0.25, 0.3) is 5.91 Å². The molecular weight excluding hydrogens is 334 g/mol. The summed E-state index contributed by atoms with van der Waals surface area (Å²) < 4.78 is 0.937. The lowest BCUT2D eigenvalue weighted by atomic mass is 10.2. The Hall–Kier alpha value is -1.40. The van der Waals surface area contributed by atoms with Gasteiger partial charge in [0.05, 0.1) is 33.2 Å². The van der Waals surface area contributed by atoms with E-state index in [0.717, 1.165) is 30.7 Å². The Bertz CT molecular complexity index is 496. The highest BCUT2D eigenvalue weighted by molar-refractivity contribution is 9.10. The number of likely N-dealkylation sites (N-methyl/N-ethyl adjacent to an activating group) is 1. The Morgan fingerprint density at radius 3 is 2.48 bits per heavy atom. The zero-order valence-electron chi connectivity index (χ0n) is 12.2. The topological polar surface area (TPSA) is 53.9 Å². The van der Waals surface area contributed by atoms with Crippen LogP contribution in [0.5, 0.6) is 0 Å². The molecule has 2 N–H and O–H groups in total. The predicted octanol–water partition coefficient (Wildman–Crippen LogP) is -0.0741. The molecule has 0 unspecified atom stereocenters. The van der Waals surface area contributed by atoms with E-state index in [9.17, 15) is 9.59 Å². The lowest BCUT2D eigenvalue weighted by Gasteiger charge is -2.30. The summed E-state index contributed by atoms with van der Waals surface area (Å²) in [7, 11) is 2.14. The molecule has 0 atom stereocenters. The van der Waals surface area contributed by atoms with Gasteiger partial charge in [0, 0.05) is 23.0 Å². The lowest BCUT2D eigenvalue weighted by Crippen LogP contribution is -3.12. The van der Waals surface area contributed by atoms with E-state index in [0.29, 0.717) is 18.5 Å². The fraction of sp³-hybridized carbons (Fsp3) is 0.467. The zero-order chi connectivity index (χ0) is 15.2. The molecule has 0 aromatic heterocycles. The van der Waals surface area contributed by atoms with Crippen LogP contribution in [0.25, 0.3) is 0 Å². The van der Waals surface area contributed by atoms with Crippen molar-refractivity contribution in [2.75, 3.05) is 39.8 Å². The van der Waals surface area contributed by atoms with Gasteiger partial charge in [0.15, 0.2) is 0 Å². The van der Waals surface area contributed by atoms with Gasteiger partial charge in [-0.1, -0.05) is 15.9 Å². The molecule has 1 heterocycles. The number of nitrogens with zero attached hydrogens (tertiary/aromatic N) is 1. The van der Waals surface area contributed by atoms with Gasteiger partial charge in [-0.3, -0.25) is 9.59 Å². The maximum atomic E-state index is 12.0. The highest BCUT2D eigenvalue weighted by Crippen LogP contribution is 2.10. The molecule has 0 saturated carbocycles. The summed E-state index contributed by atoms with van der Waals surface area (Å²) in [5.74, 6) is -0.0169. The van der Waals surface area contributed by atoms with E-state index in [1.807, 2.05) is 17.0 Å². The predicted molar refractivity (Wildman–Crippen MR) is 84.3 cm³/mol. The molecule has 21 heavy (non-hydrogen) atoms. The number of carbonyl (C=O) groups excluding carboxylic acids is 2. The quantitative estimate of drug-likeness (QED) is 0.794. The molecule has 1 aliphatic rings. The van der Waals surface area contributed by atoms with Crippen LogP contribution < -0.4 is 10.2 Å². The van der Waals surface area contributed by atoms with E-state index in [2.05, 4.69) is 28.3 Å². The largest absolute Gasteiger partial charge is 0.352 e. The SMILES string of the molecule is C[NH+]1CCN(C(=O)CCNC(=O)c2ccc(Br)cc2)CC1. The number of rotatable bonds is 4. The summed E-state index contributed by atoms with van der Waals surface area (Å²) in [6.07, 6.45) is 0.362. The van der Waals surface area contributed by atoms with Crippen molar-refractivity contribution in [3.8, 4) is 0 Å². The number of piperazine rings is 1. The van der Waals surface area contributed by atoms with E-state index in [1.54, 1.807) is 12.1 Å². The van der Waals surface area contributed by atoms with Crippen LogP contribution in [0.15, 0.2) is 28.7 Å². The highest BCUT2D eigenvalue weighted by atomic mass is 79.9. The first-order chi connectivity index (χ1) is 10.1. The fourth-order valence-corrected chi connectivity index (χ4v) is 2.55. The third-order valence-electron chi connectivity index (χ3n) is 3.70. The van der Waals surface area contributed by atoms with Crippen LogP contribution in [-0.2, 0) is 4.79 Å². The van der Waals surface area contributed by atoms with Gasteiger partial charge in [0.2, 0.25) is 5.91 Å². The molecule has 2 rings (SSSR count). The van der Waals surface area contributed by atoms with Crippen molar-refractivity contribution in [1.29, 1.82) is 0 Å². The number of hydrogen-bond donors (Lipinski definition) is 2. The standard InChI is InChI=1S/C15H20BrN3O2/c1-18-8-10-19(11-9-18)14(20)6-7-17-15(21)12-2-4-13(16)5-3-12/h2-5H,6-11H2,1H3,(H,17,21)/p+1. The van der Waals surface area contributed by atoms with Gasteiger partial charge in [-0.15, -0.1) is 0 Å². The fourth-order valence-electron chi connectivity index (χ4n) is 2.28. The minimum Gasteiger partial charge on any atom is -0.352 e. The van der Waals surface area contributed by atoms with Crippen molar-refractivity contribution in [3.63, 3.8) is 0 Å². The molecule has 1 saturated heterocycles. The van der Waals surface area contributed by atoms with Crippen molar-refractivity contribution in [2.45, 2.75) is 6.42 Å². The highest BCUT2D eigenvalue weighted by Gasteiger charge is 2.20. The van der Waals surface area contributed by atoms with E-state index in [4.69, 9.17) is 0 Å². The third-order valence-corrected chi connectivity index (χ3v) is 4.23. The molecule has 5 nitrogen and oxygen atoms in total. The Morgan fingerprint density at radius 1 is 1.24 bits per heavy atom. The summed E-state index contributed by atoms with van der Waals surface area (Å²) in [6, 6.07) is 7.16. The van der Waals surface area contributed by atoms with E-state index < -0.39 is 0 Å². The number of benzene rings is 1. The molecule has 1 aliphatic heterocycles. The number of hydrogen-bond acceptors (Lipinski definition) is 2. The van der Waals surface area contributed by atoms with Crippen molar-refractivity contribution >= 4 is 27.7 Å². The normalized spacial score (nSPS) is 15.8. The number of quaternary nitrogens is 1. The minimum absolute atomic E-state index is 0.124. The van der Waals surface area contributed by atoms with Crippen LogP contribution in [0.3, 0.4) is 0 Å². The number of halogens is 1. The van der Waals surface area contributed by atoms with Crippen molar-refractivity contribution in [2.24, 2.45) is 0 Å². The molecule has 0 aliphatic carbocycles. The lowest BCUT2D eigenvalue weighted by molar-refractivity contribution is -0.883. The molecule has 1 aromatic rings. The summed E-state index contributed by atoms with van der Waals surface area (Å²) >= 11 is 3.33. The van der Waals surface area contributed by atoms with Crippen molar-refractivity contribution < 1.29 is 14.5 Å². The first kappa shape index (κ1) is 16.0. The van der Waals surface area contributed by atoms with E-state index in [-0.39, 0.29) is 11.8 Å². The Morgan fingerprint density at radius 2 is 1.86 bits per heavy atom. The molecule has 0 spiro atoms. The average Bonchev–Trinajstić information content (AvgIpc) is 2.48. The second-order valence-corrected chi connectivity index (χ2v) is 6.27. The van der Waals surface area contributed by atoms with Crippen LogP contribution >= 0.6 is 15.9 Å². The zero-order valence-corrected chi connectivity index (χ0v) is 13.8. The van der Waals surface area contributed by atoms with Gasteiger partial charge in [-0.05, 0) is 24.3 Å². The first-order valence-corrected chi connectivity index (χ1v) is 7.98. The summed E-state index contributed by atoms with van der Waals surface area (Å²) in [4.78, 5) is 27.3. The van der Waals surface area contributed by atoms with Crippen molar-refractivity contribution in [1.82, 2.24) is 10.2 Å². The maximum Gasteiger partial charge on any atom is 0.251 e. The molecule has 6 heteroatoms. The third kappa shape index (κ3) is 4.82.